The van der Waals surface area contributed by atoms with Crippen LogP contribution in [0, 0.1) is 5.92 Å². The molecular formula is C14H20N2O3. The SMILES string of the molecule is COC(=O)C(NC(=O)CC(C)CN)c1ccccc1. The monoisotopic (exact) mass is 264 g/mol. The van der Waals surface area contributed by atoms with Crippen LogP contribution < -0.4 is 11.1 Å². The van der Waals surface area contributed by atoms with Crippen LogP contribution in [0.15, 0.2) is 30.3 Å². The molecule has 1 amide bonds. The zero-order valence-electron chi connectivity index (χ0n) is 11.3. The quantitative estimate of drug-likeness (QED) is 0.751. The van der Waals surface area contributed by atoms with Gasteiger partial charge in [0.25, 0.3) is 0 Å². The number of ether oxygens (including phenoxy) is 1. The van der Waals surface area contributed by atoms with Crippen molar-refractivity contribution < 1.29 is 14.3 Å². The molecule has 0 bridgehead atoms. The van der Waals surface area contributed by atoms with Crippen LogP contribution in [0.3, 0.4) is 0 Å². The Bertz CT molecular complexity index is 420. The molecule has 5 nitrogen and oxygen atoms in total. The van der Waals surface area contributed by atoms with Crippen molar-refractivity contribution in [2.24, 2.45) is 11.7 Å². The lowest BCUT2D eigenvalue weighted by Crippen LogP contribution is -2.35. The van der Waals surface area contributed by atoms with Gasteiger partial charge in [0.15, 0.2) is 6.04 Å². The molecule has 2 atom stereocenters. The predicted molar refractivity (Wildman–Crippen MR) is 72.2 cm³/mol. The lowest BCUT2D eigenvalue weighted by atomic mass is 10.0. The number of esters is 1. The highest BCUT2D eigenvalue weighted by molar-refractivity contribution is 5.85. The Morgan fingerprint density at radius 2 is 1.95 bits per heavy atom. The molecular weight excluding hydrogens is 244 g/mol. The van der Waals surface area contributed by atoms with Gasteiger partial charge in [-0.15, -0.1) is 0 Å². The van der Waals surface area contributed by atoms with Crippen LogP contribution in [-0.4, -0.2) is 25.5 Å². The van der Waals surface area contributed by atoms with Crippen molar-refractivity contribution in [3.63, 3.8) is 0 Å². The molecule has 1 aromatic rings. The van der Waals surface area contributed by atoms with E-state index < -0.39 is 12.0 Å². The molecule has 2 unspecified atom stereocenters. The maximum absolute atomic E-state index is 11.8. The maximum atomic E-state index is 11.8. The van der Waals surface area contributed by atoms with Gasteiger partial charge in [-0.05, 0) is 18.0 Å². The molecule has 104 valence electrons. The Morgan fingerprint density at radius 1 is 1.32 bits per heavy atom. The average molecular weight is 264 g/mol. The summed E-state index contributed by atoms with van der Waals surface area (Å²) in [4.78, 5) is 23.6. The zero-order chi connectivity index (χ0) is 14.3. The van der Waals surface area contributed by atoms with Gasteiger partial charge in [0.1, 0.15) is 0 Å². The topological polar surface area (TPSA) is 81.4 Å². The van der Waals surface area contributed by atoms with E-state index in [1.165, 1.54) is 7.11 Å². The maximum Gasteiger partial charge on any atom is 0.333 e. The lowest BCUT2D eigenvalue weighted by molar-refractivity contribution is -0.145. The molecule has 3 N–H and O–H groups in total. The third kappa shape index (κ3) is 4.71. The molecule has 0 aromatic heterocycles. The Kier molecular flexibility index (Phi) is 6.02. The van der Waals surface area contributed by atoms with Gasteiger partial charge in [-0.2, -0.15) is 0 Å². The van der Waals surface area contributed by atoms with Gasteiger partial charge in [0, 0.05) is 6.42 Å². The van der Waals surface area contributed by atoms with Crippen molar-refractivity contribution in [1.82, 2.24) is 5.32 Å². The molecule has 1 rings (SSSR count). The van der Waals surface area contributed by atoms with Crippen LogP contribution in [0.4, 0.5) is 0 Å². The summed E-state index contributed by atoms with van der Waals surface area (Å²) < 4.78 is 4.72. The van der Waals surface area contributed by atoms with Gasteiger partial charge in [0.05, 0.1) is 7.11 Å². The number of carbonyl (C=O) groups excluding carboxylic acids is 2. The third-order valence-corrected chi connectivity index (χ3v) is 2.81. The van der Waals surface area contributed by atoms with Crippen LogP contribution in [0.25, 0.3) is 0 Å². The highest BCUT2D eigenvalue weighted by Gasteiger charge is 2.23. The molecule has 19 heavy (non-hydrogen) atoms. The van der Waals surface area contributed by atoms with E-state index >= 15 is 0 Å². The van der Waals surface area contributed by atoms with Crippen LogP contribution in [0.5, 0.6) is 0 Å². The largest absolute Gasteiger partial charge is 0.467 e. The molecule has 0 spiro atoms. The molecule has 5 heteroatoms. The van der Waals surface area contributed by atoms with Crippen LogP contribution in [-0.2, 0) is 14.3 Å². The molecule has 0 aliphatic rings. The Balaban J connectivity index is 2.77. The lowest BCUT2D eigenvalue weighted by Gasteiger charge is -2.18. The predicted octanol–water partition coefficient (Wildman–Crippen LogP) is 1.00. The van der Waals surface area contributed by atoms with E-state index in [1.807, 2.05) is 13.0 Å². The van der Waals surface area contributed by atoms with E-state index in [0.717, 1.165) is 0 Å². The fourth-order valence-corrected chi connectivity index (χ4v) is 1.66. The molecule has 0 saturated heterocycles. The van der Waals surface area contributed by atoms with E-state index in [9.17, 15) is 9.59 Å². The molecule has 0 fully saturated rings. The number of nitrogens with two attached hydrogens (primary N) is 1. The minimum absolute atomic E-state index is 0.0778. The molecule has 0 saturated carbocycles. The molecule has 0 heterocycles. The summed E-state index contributed by atoms with van der Waals surface area (Å²) >= 11 is 0. The number of hydrogen-bond acceptors (Lipinski definition) is 4. The van der Waals surface area contributed by atoms with Crippen molar-refractivity contribution in [3.05, 3.63) is 35.9 Å². The standard InChI is InChI=1S/C14H20N2O3/c1-10(9-15)8-12(17)16-13(14(18)19-2)11-6-4-3-5-7-11/h3-7,10,13H,8-9,15H2,1-2H3,(H,16,17). The second-order valence-corrected chi connectivity index (χ2v) is 4.48. The number of carbonyl (C=O) groups is 2. The molecule has 0 aliphatic heterocycles. The first-order chi connectivity index (χ1) is 9.08. The fraction of sp³-hybridized carbons (Fsp3) is 0.429. The Hall–Kier alpha value is -1.88. The summed E-state index contributed by atoms with van der Waals surface area (Å²) in [5.41, 5.74) is 6.17. The van der Waals surface area contributed by atoms with E-state index in [4.69, 9.17) is 10.5 Å². The first kappa shape index (κ1) is 15.2. The fourth-order valence-electron chi connectivity index (χ4n) is 1.66. The van der Waals surface area contributed by atoms with Crippen LogP contribution >= 0.6 is 0 Å². The van der Waals surface area contributed by atoms with E-state index in [1.54, 1.807) is 24.3 Å². The summed E-state index contributed by atoms with van der Waals surface area (Å²) in [6, 6.07) is 8.22. The van der Waals surface area contributed by atoms with Gasteiger partial charge in [-0.25, -0.2) is 4.79 Å². The Morgan fingerprint density at radius 3 is 2.47 bits per heavy atom. The summed E-state index contributed by atoms with van der Waals surface area (Å²) in [5, 5.41) is 2.68. The van der Waals surface area contributed by atoms with Crippen molar-refractivity contribution in [2.45, 2.75) is 19.4 Å². The number of amides is 1. The highest BCUT2D eigenvalue weighted by atomic mass is 16.5. The number of nitrogens with one attached hydrogen (secondary N) is 1. The second kappa shape index (κ2) is 7.53. The normalized spacial score (nSPS) is 13.4. The second-order valence-electron chi connectivity index (χ2n) is 4.48. The van der Waals surface area contributed by atoms with Crippen molar-refractivity contribution in [3.8, 4) is 0 Å². The van der Waals surface area contributed by atoms with Crippen LogP contribution in [0.2, 0.25) is 0 Å². The van der Waals surface area contributed by atoms with E-state index in [-0.39, 0.29) is 18.2 Å². The first-order valence-corrected chi connectivity index (χ1v) is 6.20. The highest BCUT2D eigenvalue weighted by Crippen LogP contribution is 2.14. The summed E-state index contributed by atoms with van der Waals surface area (Å²) in [6.07, 6.45) is 0.289. The molecule has 1 aromatic carbocycles. The molecule has 0 radical (unpaired) electrons. The van der Waals surface area contributed by atoms with Gasteiger partial charge in [-0.1, -0.05) is 37.3 Å². The number of benzene rings is 1. The Labute approximate surface area is 113 Å². The van der Waals surface area contributed by atoms with Gasteiger partial charge in [0.2, 0.25) is 5.91 Å². The number of methoxy groups -OCH3 is 1. The van der Waals surface area contributed by atoms with Gasteiger partial charge < -0.3 is 15.8 Å². The number of rotatable bonds is 6. The number of hydrogen-bond donors (Lipinski definition) is 2. The van der Waals surface area contributed by atoms with Crippen molar-refractivity contribution in [1.29, 1.82) is 0 Å². The van der Waals surface area contributed by atoms with E-state index in [0.29, 0.717) is 12.1 Å². The van der Waals surface area contributed by atoms with Gasteiger partial charge >= 0.3 is 5.97 Å². The average Bonchev–Trinajstić information content (AvgIpc) is 2.44. The first-order valence-electron chi connectivity index (χ1n) is 6.20. The van der Waals surface area contributed by atoms with Crippen molar-refractivity contribution >= 4 is 11.9 Å². The third-order valence-electron chi connectivity index (χ3n) is 2.81. The van der Waals surface area contributed by atoms with Crippen molar-refractivity contribution in [2.75, 3.05) is 13.7 Å². The smallest absolute Gasteiger partial charge is 0.333 e. The minimum Gasteiger partial charge on any atom is -0.467 e. The zero-order valence-corrected chi connectivity index (χ0v) is 11.3. The minimum atomic E-state index is -0.774. The van der Waals surface area contributed by atoms with E-state index in [2.05, 4.69) is 5.32 Å². The molecule has 0 aliphatic carbocycles. The summed E-state index contributed by atoms with van der Waals surface area (Å²) in [7, 11) is 1.30. The summed E-state index contributed by atoms with van der Waals surface area (Å²) in [6.45, 7) is 2.32. The van der Waals surface area contributed by atoms with Crippen LogP contribution in [0.1, 0.15) is 24.9 Å². The van der Waals surface area contributed by atoms with Gasteiger partial charge in [-0.3, -0.25) is 4.79 Å². The summed E-state index contributed by atoms with van der Waals surface area (Å²) in [5.74, 6) is -0.619.